The Hall–Kier alpha value is -2.18. The highest BCUT2D eigenvalue weighted by atomic mass is 32.2. The molecule has 2 aromatic rings. The van der Waals surface area contributed by atoms with E-state index in [-0.39, 0.29) is 22.6 Å². The number of anilines is 1. The van der Waals surface area contributed by atoms with E-state index in [1.165, 1.54) is 6.92 Å². The van der Waals surface area contributed by atoms with Gasteiger partial charge in [-0.25, -0.2) is 8.42 Å². The summed E-state index contributed by atoms with van der Waals surface area (Å²) in [5.41, 5.74) is 3.58. The number of fused-ring (bicyclic) bond motifs is 3. The van der Waals surface area contributed by atoms with Crippen LogP contribution in [0.25, 0.3) is 0 Å². The third kappa shape index (κ3) is 2.97. The molecule has 1 fully saturated rings. The Kier molecular flexibility index (Phi) is 4.35. The Morgan fingerprint density at radius 2 is 1.81 bits per heavy atom. The molecule has 0 spiro atoms. The first-order valence-electron chi connectivity index (χ1n) is 9.23. The molecule has 2 aromatic carbocycles. The largest absolute Gasteiger partial charge is 0.306 e. The second-order valence-corrected chi connectivity index (χ2v) is 9.48. The molecule has 142 valence electrons. The van der Waals surface area contributed by atoms with Crippen LogP contribution >= 0.6 is 0 Å². The summed E-state index contributed by atoms with van der Waals surface area (Å²) >= 11 is 0. The number of likely N-dealkylation sites (N-methyl/N-ethyl adjacent to an activating group) is 1. The molecule has 0 aromatic heterocycles. The Labute approximate surface area is 160 Å². The highest BCUT2D eigenvalue weighted by Crippen LogP contribution is 2.47. The average Bonchev–Trinajstić information content (AvgIpc) is 2.95. The lowest BCUT2D eigenvalue weighted by Crippen LogP contribution is -2.47. The van der Waals surface area contributed by atoms with Crippen LogP contribution in [0, 0.1) is 6.92 Å². The molecular formula is C21H24N2O3S. The van der Waals surface area contributed by atoms with Gasteiger partial charge in [-0.15, -0.1) is 0 Å². The number of aryl methyl sites for hydroxylation is 1. The summed E-state index contributed by atoms with van der Waals surface area (Å²) in [5, 5.41) is 0. The molecule has 0 unspecified atom stereocenters. The maximum atomic E-state index is 13.5. The van der Waals surface area contributed by atoms with Crippen molar-refractivity contribution in [1.82, 2.24) is 4.90 Å². The van der Waals surface area contributed by atoms with Gasteiger partial charge in [0.1, 0.15) is 0 Å². The zero-order chi connectivity index (χ0) is 19.3. The van der Waals surface area contributed by atoms with Gasteiger partial charge in [0, 0.05) is 18.0 Å². The molecule has 0 radical (unpaired) electrons. The van der Waals surface area contributed by atoms with Gasteiger partial charge in [-0.1, -0.05) is 29.8 Å². The van der Waals surface area contributed by atoms with E-state index in [0.29, 0.717) is 5.56 Å². The lowest BCUT2D eigenvalue weighted by molar-refractivity contribution is 0.101. The summed E-state index contributed by atoms with van der Waals surface area (Å²) in [6.45, 7) is 5.25. The van der Waals surface area contributed by atoms with E-state index in [0.717, 1.165) is 36.3 Å². The number of benzene rings is 2. The van der Waals surface area contributed by atoms with Crippen LogP contribution in [0.3, 0.4) is 0 Å². The van der Waals surface area contributed by atoms with Crippen LogP contribution in [0.15, 0.2) is 47.4 Å². The zero-order valence-electron chi connectivity index (χ0n) is 15.8. The van der Waals surface area contributed by atoms with Crippen LogP contribution in [0.5, 0.6) is 0 Å². The molecule has 4 rings (SSSR count). The van der Waals surface area contributed by atoms with Gasteiger partial charge < -0.3 is 4.90 Å². The molecule has 0 N–H and O–H groups in total. The average molecular weight is 385 g/mol. The van der Waals surface area contributed by atoms with Gasteiger partial charge in [0.05, 0.1) is 16.6 Å². The first kappa shape index (κ1) is 18.2. The molecule has 6 heteroatoms. The number of hydrogen-bond acceptors (Lipinski definition) is 4. The van der Waals surface area contributed by atoms with Crippen molar-refractivity contribution in [1.29, 1.82) is 0 Å². The van der Waals surface area contributed by atoms with Crippen molar-refractivity contribution in [2.45, 2.75) is 37.1 Å². The van der Waals surface area contributed by atoms with Crippen LogP contribution in [-0.4, -0.2) is 45.3 Å². The summed E-state index contributed by atoms with van der Waals surface area (Å²) in [5.74, 6) is 0.112. The first-order valence-corrected chi connectivity index (χ1v) is 10.7. The van der Waals surface area contributed by atoms with Crippen LogP contribution in [-0.2, 0) is 10.0 Å². The first-order chi connectivity index (χ1) is 12.8. The number of hydrogen-bond donors (Lipinski definition) is 0. The maximum absolute atomic E-state index is 13.5. The molecule has 0 aliphatic carbocycles. The van der Waals surface area contributed by atoms with Crippen molar-refractivity contribution in [2.24, 2.45) is 0 Å². The fourth-order valence-electron chi connectivity index (χ4n) is 4.32. The Morgan fingerprint density at radius 3 is 2.48 bits per heavy atom. The van der Waals surface area contributed by atoms with Gasteiger partial charge in [-0.05, 0) is 57.6 Å². The predicted octanol–water partition coefficient (Wildman–Crippen LogP) is 3.19. The molecular weight excluding hydrogens is 360 g/mol. The lowest BCUT2D eigenvalue weighted by atomic mass is 9.89. The van der Waals surface area contributed by atoms with E-state index >= 15 is 0 Å². The van der Waals surface area contributed by atoms with Crippen molar-refractivity contribution >= 4 is 21.5 Å². The van der Waals surface area contributed by atoms with Crippen molar-refractivity contribution < 1.29 is 13.2 Å². The smallest absolute Gasteiger partial charge is 0.264 e. The minimum absolute atomic E-state index is 0.0597. The molecule has 1 saturated heterocycles. The number of nitrogens with zero attached hydrogens (tertiary/aromatic N) is 2. The molecule has 0 saturated carbocycles. The van der Waals surface area contributed by atoms with Gasteiger partial charge in [0.25, 0.3) is 10.0 Å². The van der Waals surface area contributed by atoms with Crippen molar-refractivity contribution in [3.05, 3.63) is 59.2 Å². The third-order valence-electron chi connectivity index (χ3n) is 5.72. The summed E-state index contributed by atoms with van der Waals surface area (Å²) in [4.78, 5) is 14.0. The van der Waals surface area contributed by atoms with Gasteiger partial charge in [-0.3, -0.25) is 9.10 Å². The highest BCUT2D eigenvalue weighted by molar-refractivity contribution is 7.92. The van der Waals surface area contributed by atoms with Crippen molar-refractivity contribution in [3.63, 3.8) is 0 Å². The van der Waals surface area contributed by atoms with E-state index in [1.54, 1.807) is 28.6 Å². The second kappa shape index (κ2) is 6.46. The van der Waals surface area contributed by atoms with Crippen molar-refractivity contribution in [3.8, 4) is 0 Å². The van der Waals surface area contributed by atoms with E-state index < -0.39 is 10.0 Å². The quantitative estimate of drug-likeness (QED) is 0.763. The predicted molar refractivity (Wildman–Crippen MR) is 106 cm³/mol. The molecule has 2 aliphatic heterocycles. The van der Waals surface area contributed by atoms with Gasteiger partial charge in [0.2, 0.25) is 0 Å². The molecule has 0 bridgehead atoms. The summed E-state index contributed by atoms with van der Waals surface area (Å²) in [6, 6.07) is 12.2. The Balaban J connectivity index is 1.81. The van der Waals surface area contributed by atoms with Crippen molar-refractivity contribution in [2.75, 3.05) is 24.4 Å². The van der Waals surface area contributed by atoms with E-state index in [1.807, 2.05) is 19.1 Å². The normalized spacial score (nSPS) is 22.4. The summed E-state index contributed by atoms with van der Waals surface area (Å²) in [7, 11) is -1.61. The number of sulfonamides is 1. The minimum Gasteiger partial charge on any atom is -0.306 e. The number of carbonyl (C=O) groups excluding carboxylic acids is 1. The fourth-order valence-corrected chi connectivity index (χ4v) is 6.06. The Bertz CT molecular complexity index is 999. The highest BCUT2D eigenvalue weighted by Gasteiger charge is 2.46. The maximum Gasteiger partial charge on any atom is 0.264 e. The molecule has 27 heavy (non-hydrogen) atoms. The summed E-state index contributed by atoms with van der Waals surface area (Å²) in [6.07, 6.45) is 0.805. The number of Topliss-reactive ketones (excluding diaryl/α,β-unsaturated/α-hetero) is 1. The number of ketones is 1. The minimum atomic E-state index is -3.69. The zero-order valence-corrected chi connectivity index (χ0v) is 16.7. The van der Waals surface area contributed by atoms with Crippen LogP contribution < -0.4 is 4.31 Å². The number of carbonyl (C=O) groups is 1. The number of rotatable bonds is 3. The number of likely N-dealkylation sites (tertiary alicyclic amines) is 1. The fraction of sp³-hybridized carbons (Fsp3) is 0.381. The standard InChI is InChI=1S/C21H24N2O3S/c1-14-4-9-20-18(12-14)19-13-22(3)11-10-21(19)23(20)27(25,26)17-7-5-16(6-8-17)15(2)24/h4-9,12,19,21H,10-11,13H2,1-3H3/t19-,21+/m1/s1. The SMILES string of the molecule is CC(=O)c1ccc(S(=O)(=O)N2c3ccc(C)cc3[C@H]3CN(C)CC[C@@H]32)cc1. The topological polar surface area (TPSA) is 57.7 Å². The Morgan fingerprint density at radius 1 is 1.11 bits per heavy atom. The van der Waals surface area contributed by atoms with E-state index in [4.69, 9.17) is 0 Å². The van der Waals surface area contributed by atoms with Crippen LogP contribution in [0.1, 0.15) is 40.7 Å². The van der Waals surface area contributed by atoms with E-state index in [2.05, 4.69) is 18.0 Å². The number of piperidine rings is 1. The van der Waals surface area contributed by atoms with E-state index in [9.17, 15) is 13.2 Å². The molecule has 0 amide bonds. The monoisotopic (exact) mass is 384 g/mol. The lowest BCUT2D eigenvalue weighted by Gasteiger charge is -2.36. The van der Waals surface area contributed by atoms with Crippen LogP contribution in [0.4, 0.5) is 5.69 Å². The van der Waals surface area contributed by atoms with Gasteiger partial charge in [-0.2, -0.15) is 0 Å². The van der Waals surface area contributed by atoms with Gasteiger partial charge >= 0.3 is 0 Å². The molecule has 2 atom stereocenters. The summed E-state index contributed by atoms with van der Waals surface area (Å²) < 4.78 is 28.7. The molecule has 5 nitrogen and oxygen atoms in total. The molecule has 2 heterocycles. The third-order valence-corrected chi connectivity index (χ3v) is 7.57. The molecule has 2 aliphatic rings. The second-order valence-electron chi connectivity index (χ2n) is 7.67. The van der Waals surface area contributed by atoms with Crippen LogP contribution in [0.2, 0.25) is 0 Å². The van der Waals surface area contributed by atoms with Gasteiger partial charge in [0.15, 0.2) is 5.78 Å².